The van der Waals surface area contributed by atoms with E-state index in [-0.39, 0.29) is 11.7 Å². The molecule has 6 heteroatoms. The molecule has 1 N–H and O–H groups in total. The number of rotatable bonds is 4. The van der Waals surface area contributed by atoms with E-state index in [9.17, 15) is 9.18 Å². The summed E-state index contributed by atoms with van der Waals surface area (Å²) >= 11 is 3.45. The number of benzene rings is 1. The van der Waals surface area contributed by atoms with E-state index in [0.29, 0.717) is 18.7 Å². The van der Waals surface area contributed by atoms with E-state index in [1.807, 2.05) is 13.8 Å². The van der Waals surface area contributed by atoms with Crippen molar-refractivity contribution in [2.45, 2.75) is 26.8 Å². The van der Waals surface area contributed by atoms with E-state index >= 15 is 0 Å². The van der Waals surface area contributed by atoms with E-state index < -0.39 is 0 Å². The van der Waals surface area contributed by atoms with Gasteiger partial charge < -0.3 is 5.32 Å². The lowest BCUT2D eigenvalue weighted by Crippen LogP contribution is -2.15. The van der Waals surface area contributed by atoms with Gasteiger partial charge in [-0.25, -0.2) is 4.39 Å². The van der Waals surface area contributed by atoms with Gasteiger partial charge in [0, 0.05) is 17.8 Å². The first-order valence-corrected chi connectivity index (χ1v) is 7.01. The van der Waals surface area contributed by atoms with Crippen LogP contribution in [0.2, 0.25) is 0 Å². The zero-order valence-electron chi connectivity index (χ0n) is 11.3. The third-order valence-electron chi connectivity index (χ3n) is 2.97. The van der Waals surface area contributed by atoms with E-state index in [1.54, 1.807) is 4.68 Å². The molecule has 1 aromatic heterocycles. The van der Waals surface area contributed by atoms with Crippen LogP contribution < -0.4 is 5.32 Å². The topological polar surface area (TPSA) is 46.9 Å². The van der Waals surface area contributed by atoms with Gasteiger partial charge in [0.2, 0.25) is 5.91 Å². The largest absolute Gasteiger partial charge is 0.326 e. The van der Waals surface area contributed by atoms with Crippen LogP contribution in [0.1, 0.15) is 17.8 Å². The predicted octanol–water partition coefficient (Wildman–Crippen LogP) is 3.43. The Labute approximate surface area is 125 Å². The highest BCUT2D eigenvalue weighted by molar-refractivity contribution is 9.10. The summed E-state index contributed by atoms with van der Waals surface area (Å²) in [5.74, 6) is -0.448. The molecule has 1 amide bonds. The maximum atomic E-state index is 12.7. The van der Waals surface area contributed by atoms with Gasteiger partial charge in [0.05, 0.1) is 16.7 Å². The van der Waals surface area contributed by atoms with Gasteiger partial charge in [0.15, 0.2) is 0 Å². The molecule has 2 aromatic rings. The first-order chi connectivity index (χ1) is 9.47. The SMILES string of the molecule is Cc1nn(CCC(=O)Nc2ccc(F)cc2)c(C)c1Br. The molecule has 0 aliphatic heterocycles. The number of nitrogens with zero attached hydrogens (tertiary/aromatic N) is 2. The molecule has 0 saturated carbocycles. The molecule has 106 valence electrons. The van der Waals surface area contributed by atoms with Gasteiger partial charge in [0.1, 0.15) is 5.82 Å². The molecule has 1 aromatic carbocycles. The average molecular weight is 340 g/mol. The van der Waals surface area contributed by atoms with Crippen LogP contribution in [0.3, 0.4) is 0 Å². The van der Waals surface area contributed by atoms with Crippen molar-refractivity contribution in [3.8, 4) is 0 Å². The average Bonchev–Trinajstić information content (AvgIpc) is 2.66. The molecule has 0 aliphatic carbocycles. The minimum atomic E-state index is -0.324. The van der Waals surface area contributed by atoms with Gasteiger partial charge >= 0.3 is 0 Å². The molecular weight excluding hydrogens is 325 g/mol. The Bertz CT molecular complexity index is 622. The monoisotopic (exact) mass is 339 g/mol. The highest BCUT2D eigenvalue weighted by Crippen LogP contribution is 2.19. The Morgan fingerprint density at radius 2 is 2.00 bits per heavy atom. The molecule has 0 bridgehead atoms. The Balaban J connectivity index is 1.92. The fourth-order valence-electron chi connectivity index (χ4n) is 1.86. The van der Waals surface area contributed by atoms with E-state index in [4.69, 9.17) is 0 Å². The van der Waals surface area contributed by atoms with Crippen molar-refractivity contribution in [3.05, 3.63) is 45.9 Å². The number of aryl methyl sites for hydroxylation is 2. The van der Waals surface area contributed by atoms with Gasteiger partial charge in [-0.1, -0.05) is 0 Å². The maximum absolute atomic E-state index is 12.7. The molecule has 20 heavy (non-hydrogen) atoms. The quantitative estimate of drug-likeness (QED) is 0.927. The summed E-state index contributed by atoms with van der Waals surface area (Å²) in [6.07, 6.45) is 0.311. The number of anilines is 1. The number of hydrogen-bond acceptors (Lipinski definition) is 2. The summed E-state index contributed by atoms with van der Waals surface area (Å²) in [5.41, 5.74) is 2.49. The van der Waals surface area contributed by atoms with E-state index in [0.717, 1.165) is 15.9 Å². The first kappa shape index (κ1) is 14.7. The van der Waals surface area contributed by atoms with Crippen molar-refractivity contribution < 1.29 is 9.18 Å². The molecule has 0 atom stereocenters. The van der Waals surface area contributed by atoms with Crippen molar-refractivity contribution in [1.82, 2.24) is 9.78 Å². The number of hydrogen-bond donors (Lipinski definition) is 1. The standard InChI is InChI=1S/C14H15BrFN3O/c1-9-14(15)10(2)19(18-9)8-7-13(20)17-12-5-3-11(16)4-6-12/h3-6H,7-8H2,1-2H3,(H,17,20). The molecule has 0 aliphatic rings. The zero-order valence-corrected chi connectivity index (χ0v) is 12.9. The second-order valence-corrected chi connectivity index (χ2v) is 5.31. The second kappa shape index (κ2) is 6.17. The summed E-state index contributed by atoms with van der Waals surface area (Å²) in [6.45, 7) is 4.36. The summed E-state index contributed by atoms with van der Waals surface area (Å²) in [4.78, 5) is 11.8. The molecule has 0 saturated heterocycles. The van der Waals surface area contributed by atoms with Crippen molar-refractivity contribution in [2.75, 3.05) is 5.32 Å². The van der Waals surface area contributed by atoms with Gasteiger partial charge in [-0.3, -0.25) is 9.48 Å². The van der Waals surface area contributed by atoms with Gasteiger partial charge in [-0.15, -0.1) is 0 Å². The van der Waals surface area contributed by atoms with E-state index in [2.05, 4.69) is 26.3 Å². The number of carbonyl (C=O) groups is 1. The smallest absolute Gasteiger partial charge is 0.226 e. The van der Waals surface area contributed by atoms with Crippen LogP contribution in [0, 0.1) is 19.7 Å². The van der Waals surface area contributed by atoms with Crippen molar-refractivity contribution >= 4 is 27.5 Å². The normalized spacial score (nSPS) is 10.6. The second-order valence-electron chi connectivity index (χ2n) is 4.51. The molecule has 2 rings (SSSR count). The number of aromatic nitrogens is 2. The molecular formula is C14H15BrFN3O. The number of nitrogens with one attached hydrogen (secondary N) is 1. The Morgan fingerprint density at radius 3 is 2.55 bits per heavy atom. The first-order valence-electron chi connectivity index (χ1n) is 6.22. The van der Waals surface area contributed by atoms with Crippen LogP contribution in [0.4, 0.5) is 10.1 Å². The summed E-state index contributed by atoms with van der Waals surface area (Å²) in [7, 11) is 0. The van der Waals surface area contributed by atoms with Crippen LogP contribution in [-0.4, -0.2) is 15.7 Å². The van der Waals surface area contributed by atoms with Gasteiger partial charge in [-0.2, -0.15) is 5.10 Å². The van der Waals surface area contributed by atoms with Crippen molar-refractivity contribution in [3.63, 3.8) is 0 Å². The van der Waals surface area contributed by atoms with Gasteiger partial charge in [0.25, 0.3) is 0 Å². The third-order valence-corrected chi connectivity index (χ3v) is 4.12. The van der Waals surface area contributed by atoms with Crippen molar-refractivity contribution in [2.24, 2.45) is 0 Å². The van der Waals surface area contributed by atoms with Crippen molar-refractivity contribution in [1.29, 1.82) is 0 Å². The molecule has 4 nitrogen and oxygen atoms in total. The van der Waals surface area contributed by atoms with Gasteiger partial charge in [-0.05, 0) is 54.0 Å². The summed E-state index contributed by atoms with van der Waals surface area (Å²) < 4.78 is 15.5. The van der Waals surface area contributed by atoms with Crippen LogP contribution in [-0.2, 0) is 11.3 Å². The Kier molecular flexibility index (Phi) is 4.54. The molecule has 0 spiro atoms. The number of carbonyl (C=O) groups excluding carboxylic acids is 1. The minimum Gasteiger partial charge on any atom is -0.326 e. The highest BCUT2D eigenvalue weighted by Gasteiger charge is 2.10. The lowest BCUT2D eigenvalue weighted by Gasteiger charge is -2.06. The maximum Gasteiger partial charge on any atom is 0.226 e. The van der Waals surface area contributed by atoms with Crippen LogP contribution >= 0.6 is 15.9 Å². The van der Waals surface area contributed by atoms with E-state index in [1.165, 1.54) is 24.3 Å². The lowest BCUT2D eigenvalue weighted by atomic mass is 10.3. The van der Waals surface area contributed by atoms with Crippen LogP contribution in [0.5, 0.6) is 0 Å². The highest BCUT2D eigenvalue weighted by atomic mass is 79.9. The predicted molar refractivity (Wildman–Crippen MR) is 79.0 cm³/mol. The fraction of sp³-hybridized carbons (Fsp3) is 0.286. The molecule has 1 heterocycles. The number of amides is 1. The zero-order chi connectivity index (χ0) is 14.7. The summed E-state index contributed by atoms with van der Waals surface area (Å²) in [6, 6.07) is 5.70. The Morgan fingerprint density at radius 1 is 1.35 bits per heavy atom. The minimum absolute atomic E-state index is 0.125. The summed E-state index contributed by atoms with van der Waals surface area (Å²) in [5, 5.41) is 7.06. The van der Waals surface area contributed by atoms with Crippen LogP contribution in [0.25, 0.3) is 0 Å². The molecule has 0 radical (unpaired) electrons. The molecule has 0 fully saturated rings. The van der Waals surface area contributed by atoms with Crippen LogP contribution in [0.15, 0.2) is 28.7 Å². The number of halogens is 2. The molecule has 0 unspecified atom stereocenters. The fourth-order valence-corrected chi connectivity index (χ4v) is 2.14. The Hall–Kier alpha value is -1.69. The third kappa shape index (κ3) is 3.45. The lowest BCUT2D eigenvalue weighted by molar-refractivity contribution is -0.116.